The average molecular weight is 372 g/mol. The standard InChI is InChI=1S/C20H24N2O3S/c1-13(2)12-25-16-8-7-14(9-17(16)24-3)11-21-22-20(23)19-10-15-5-4-6-18(15)26-19/h7-11,13H,4-6,12H2,1-3H3,(H,22,23)/b21-11-. The highest BCUT2D eigenvalue weighted by Gasteiger charge is 2.18. The Bertz CT molecular complexity index is 790. The molecular weight excluding hydrogens is 348 g/mol. The third kappa shape index (κ3) is 4.43. The smallest absolute Gasteiger partial charge is 0.281 e. The van der Waals surface area contributed by atoms with E-state index in [1.807, 2.05) is 24.3 Å². The normalized spacial score (nSPS) is 13.2. The lowest BCUT2D eigenvalue weighted by Crippen LogP contribution is -2.16. The third-order valence-electron chi connectivity index (χ3n) is 4.11. The van der Waals surface area contributed by atoms with E-state index in [4.69, 9.17) is 9.47 Å². The molecule has 0 radical (unpaired) electrons. The number of hydrogen-bond acceptors (Lipinski definition) is 5. The minimum Gasteiger partial charge on any atom is -0.493 e. The highest BCUT2D eigenvalue weighted by Crippen LogP contribution is 2.30. The molecule has 138 valence electrons. The summed E-state index contributed by atoms with van der Waals surface area (Å²) in [5.41, 5.74) is 4.73. The number of nitrogens with one attached hydrogen (secondary N) is 1. The van der Waals surface area contributed by atoms with Crippen LogP contribution >= 0.6 is 11.3 Å². The molecular formula is C20H24N2O3S. The predicted molar refractivity (Wildman–Crippen MR) is 105 cm³/mol. The van der Waals surface area contributed by atoms with Gasteiger partial charge in [-0.15, -0.1) is 11.3 Å². The van der Waals surface area contributed by atoms with E-state index in [0.29, 0.717) is 24.0 Å². The number of hydrazone groups is 1. The molecule has 0 fully saturated rings. The van der Waals surface area contributed by atoms with Crippen LogP contribution in [0.1, 0.15) is 45.9 Å². The van der Waals surface area contributed by atoms with E-state index in [1.165, 1.54) is 16.9 Å². The van der Waals surface area contributed by atoms with Crippen LogP contribution < -0.4 is 14.9 Å². The molecule has 0 spiro atoms. The molecule has 1 aliphatic rings. The van der Waals surface area contributed by atoms with Crippen LogP contribution in [0.25, 0.3) is 0 Å². The van der Waals surface area contributed by atoms with Crippen molar-refractivity contribution in [2.24, 2.45) is 11.0 Å². The Kier molecular flexibility index (Phi) is 5.93. The summed E-state index contributed by atoms with van der Waals surface area (Å²) in [5.74, 6) is 1.63. The van der Waals surface area contributed by atoms with Gasteiger partial charge in [0.05, 0.1) is 24.8 Å². The van der Waals surface area contributed by atoms with Gasteiger partial charge < -0.3 is 9.47 Å². The van der Waals surface area contributed by atoms with E-state index < -0.39 is 0 Å². The first-order chi connectivity index (χ1) is 12.6. The van der Waals surface area contributed by atoms with Crippen LogP contribution in [0.3, 0.4) is 0 Å². The van der Waals surface area contributed by atoms with Crippen molar-refractivity contribution in [3.8, 4) is 11.5 Å². The predicted octanol–water partition coefficient (Wildman–Crippen LogP) is 4.04. The number of ether oxygens (including phenoxy) is 2. The Hall–Kier alpha value is -2.34. The van der Waals surface area contributed by atoms with Gasteiger partial charge in [-0.25, -0.2) is 5.43 Å². The van der Waals surface area contributed by atoms with Crippen LogP contribution in [0, 0.1) is 5.92 Å². The molecule has 0 unspecified atom stereocenters. The van der Waals surface area contributed by atoms with Crippen molar-refractivity contribution < 1.29 is 14.3 Å². The van der Waals surface area contributed by atoms with Crippen LogP contribution in [0.5, 0.6) is 11.5 Å². The van der Waals surface area contributed by atoms with Crippen molar-refractivity contribution >= 4 is 23.5 Å². The summed E-state index contributed by atoms with van der Waals surface area (Å²) < 4.78 is 11.1. The van der Waals surface area contributed by atoms with Crippen LogP contribution in [-0.4, -0.2) is 25.8 Å². The van der Waals surface area contributed by atoms with Crippen molar-refractivity contribution in [3.05, 3.63) is 45.1 Å². The van der Waals surface area contributed by atoms with Gasteiger partial charge >= 0.3 is 0 Å². The summed E-state index contributed by atoms with van der Waals surface area (Å²) in [4.78, 5) is 14.3. The lowest BCUT2D eigenvalue weighted by atomic mass is 10.2. The van der Waals surface area contributed by atoms with E-state index in [1.54, 1.807) is 24.7 Å². The van der Waals surface area contributed by atoms with Crippen molar-refractivity contribution in [2.75, 3.05) is 13.7 Å². The number of fused-ring (bicyclic) bond motifs is 1. The maximum Gasteiger partial charge on any atom is 0.281 e. The number of carbonyl (C=O) groups excluding carboxylic acids is 1. The fourth-order valence-corrected chi connectivity index (χ4v) is 3.95. The zero-order chi connectivity index (χ0) is 18.5. The Labute approximate surface area is 158 Å². The lowest BCUT2D eigenvalue weighted by molar-refractivity contribution is 0.0959. The SMILES string of the molecule is COc1cc(/C=N\NC(=O)c2cc3c(s2)CCC3)ccc1OCC(C)C. The molecule has 1 aliphatic carbocycles. The van der Waals surface area contributed by atoms with Crippen molar-refractivity contribution in [1.82, 2.24) is 5.43 Å². The fraction of sp³-hybridized carbons (Fsp3) is 0.400. The highest BCUT2D eigenvalue weighted by atomic mass is 32.1. The van der Waals surface area contributed by atoms with Crippen LogP contribution in [-0.2, 0) is 12.8 Å². The quantitative estimate of drug-likeness (QED) is 0.589. The monoisotopic (exact) mass is 372 g/mol. The molecule has 1 aromatic heterocycles. The molecule has 0 saturated heterocycles. The molecule has 1 heterocycles. The Morgan fingerprint density at radius 3 is 2.88 bits per heavy atom. The summed E-state index contributed by atoms with van der Waals surface area (Å²) in [6.07, 6.45) is 4.96. The molecule has 0 atom stereocenters. The maximum atomic E-state index is 12.2. The minimum absolute atomic E-state index is 0.162. The van der Waals surface area contributed by atoms with Crippen LogP contribution in [0.2, 0.25) is 0 Å². The van der Waals surface area contributed by atoms with E-state index in [-0.39, 0.29) is 5.91 Å². The van der Waals surface area contributed by atoms with Crippen molar-refractivity contribution in [3.63, 3.8) is 0 Å². The van der Waals surface area contributed by atoms with Gasteiger partial charge in [-0.05, 0) is 60.6 Å². The molecule has 26 heavy (non-hydrogen) atoms. The lowest BCUT2D eigenvalue weighted by Gasteiger charge is -2.12. The Balaban J connectivity index is 1.61. The summed E-state index contributed by atoms with van der Waals surface area (Å²) in [6.45, 7) is 4.82. The Morgan fingerprint density at radius 1 is 1.31 bits per heavy atom. The number of hydrogen-bond donors (Lipinski definition) is 1. The van der Waals surface area contributed by atoms with Crippen LogP contribution in [0.15, 0.2) is 29.4 Å². The van der Waals surface area contributed by atoms with Gasteiger partial charge in [0.25, 0.3) is 5.91 Å². The first kappa shape index (κ1) is 18.5. The average Bonchev–Trinajstić information content (AvgIpc) is 3.22. The number of benzene rings is 1. The molecule has 0 aliphatic heterocycles. The second-order valence-electron chi connectivity index (χ2n) is 6.73. The molecule has 0 saturated carbocycles. The van der Waals surface area contributed by atoms with Crippen molar-refractivity contribution in [2.45, 2.75) is 33.1 Å². The molecule has 0 bridgehead atoms. The van der Waals surface area contributed by atoms with Crippen molar-refractivity contribution in [1.29, 1.82) is 0 Å². The number of methoxy groups -OCH3 is 1. The van der Waals surface area contributed by atoms with E-state index in [2.05, 4.69) is 24.4 Å². The largest absolute Gasteiger partial charge is 0.493 e. The van der Waals surface area contributed by atoms with E-state index in [0.717, 1.165) is 23.3 Å². The van der Waals surface area contributed by atoms with Gasteiger partial charge in [0, 0.05) is 4.88 Å². The Morgan fingerprint density at radius 2 is 2.15 bits per heavy atom. The van der Waals surface area contributed by atoms with Gasteiger partial charge in [0.15, 0.2) is 11.5 Å². The summed E-state index contributed by atoms with van der Waals surface area (Å²) in [7, 11) is 1.61. The molecule has 5 nitrogen and oxygen atoms in total. The molecule has 1 amide bonds. The number of aryl methyl sites for hydroxylation is 2. The van der Waals surface area contributed by atoms with Gasteiger partial charge in [-0.1, -0.05) is 13.8 Å². The number of nitrogens with zero attached hydrogens (tertiary/aromatic N) is 1. The van der Waals surface area contributed by atoms with Gasteiger partial charge in [0.2, 0.25) is 0 Å². The first-order valence-corrected chi connectivity index (χ1v) is 9.64. The zero-order valence-electron chi connectivity index (χ0n) is 15.4. The van der Waals surface area contributed by atoms with E-state index in [9.17, 15) is 4.79 Å². The summed E-state index contributed by atoms with van der Waals surface area (Å²) >= 11 is 1.57. The molecule has 3 rings (SSSR count). The third-order valence-corrected chi connectivity index (χ3v) is 5.35. The molecule has 6 heteroatoms. The number of thiophene rings is 1. The summed E-state index contributed by atoms with van der Waals surface area (Å²) in [6, 6.07) is 7.56. The number of carbonyl (C=O) groups is 1. The van der Waals surface area contributed by atoms with Crippen LogP contribution in [0.4, 0.5) is 0 Å². The van der Waals surface area contributed by atoms with Gasteiger partial charge in [0.1, 0.15) is 0 Å². The summed E-state index contributed by atoms with van der Waals surface area (Å²) in [5, 5.41) is 4.07. The topological polar surface area (TPSA) is 59.9 Å². The maximum absolute atomic E-state index is 12.2. The second kappa shape index (κ2) is 8.36. The first-order valence-electron chi connectivity index (χ1n) is 8.82. The molecule has 1 N–H and O–H groups in total. The van der Waals surface area contributed by atoms with E-state index >= 15 is 0 Å². The van der Waals surface area contributed by atoms with Gasteiger partial charge in [-0.2, -0.15) is 5.10 Å². The fourth-order valence-electron chi connectivity index (χ4n) is 2.80. The van der Waals surface area contributed by atoms with Gasteiger partial charge in [-0.3, -0.25) is 4.79 Å². The number of rotatable bonds is 7. The zero-order valence-corrected chi connectivity index (χ0v) is 16.2. The minimum atomic E-state index is -0.162. The molecule has 1 aromatic carbocycles. The number of amides is 1. The second-order valence-corrected chi connectivity index (χ2v) is 7.86. The highest BCUT2D eigenvalue weighted by molar-refractivity contribution is 7.14. The molecule has 2 aromatic rings.